The van der Waals surface area contributed by atoms with Gasteiger partial charge in [-0.1, -0.05) is 30.3 Å². The molecule has 4 rings (SSSR count). The minimum Gasteiger partial charge on any atom is -0.497 e. The standard InChI is InChI=1S/C27H37N3O3/c1-32-24-11-12-26(33-2)22(14-24)16-29-27(31)10-6-9-25-23-13-21(15-28-25)18-30(19-23)17-20-7-4-3-5-8-20/h3-5,7-8,11-12,14,21,23,25,28H,6,9-10,13,15-19H2,1-2H3,(H,29,31)/t21-,23-,25+/m0/s1. The fourth-order valence-electron chi connectivity index (χ4n) is 5.37. The molecule has 6 heteroatoms. The molecule has 2 aliphatic rings. The van der Waals surface area contributed by atoms with Gasteiger partial charge < -0.3 is 20.1 Å². The lowest BCUT2D eigenvalue weighted by Crippen LogP contribution is -2.55. The smallest absolute Gasteiger partial charge is 0.220 e. The van der Waals surface area contributed by atoms with Crippen molar-refractivity contribution in [3.05, 3.63) is 59.7 Å². The molecule has 0 unspecified atom stereocenters. The van der Waals surface area contributed by atoms with Crippen molar-refractivity contribution >= 4 is 5.91 Å². The summed E-state index contributed by atoms with van der Waals surface area (Å²) in [4.78, 5) is 15.1. The Labute approximate surface area is 197 Å². The van der Waals surface area contributed by atoms with Gasteiger partial charge in [0.15, 0.2) is 0 Å². The molecule has 3 atom stereocenters. The molecule has 2 aromatic carbocycles. The number of ether oxygens (including phenoxy) is 2. The number of hydrogen-bond acceptors (Lipinski definition) is 5. The van der Waals surface area contributed by atoms with E-state index in [0.717, 1.165) is 55.5 Å². The molecule has 1 amide bonds. The minimum atomic E-state index is 0.0860. The molecule has 2 aromatic rings. The molecule has 2 fully saturated rings. The van der Waals surface area contributed by atoms with Crippen LogP contribution in [0.25, 0.3) is 0 Å². The summed E-state index contributed by atoms with van der Waals surface area (Å²) < 4.78 is 10.7. The maximum absolute atomic E-state index is 12.5. The number of piperidine rings is 2. The van der Waals surface area contributed by atoms with E-state index in [-0.39, 0.29) is 5.91 Å². The predicted octanol–water partition coefficient (Wildman–Crippen LogP) is 3.60. The second-order valence-electron chi connectivity index (χ2n) is 9.40. The second kappa shape index (κ2) is 11.5. The van der Waals surface area contributed by atoms with E-state index in [1.54, 1.807) is 14.2 Å². The highest BCUT2D eigenvalue weighted by molar-refractivity contribution is 5.75. The van der Waals surface area contributed by atoms with E-state index in [1.807, 2.05) is 18.2 Å². The summed E-state index contributed by atoms with van der Waals surface area (Å²) >= 11 is 0. The number of fused-ring (bicyclic) bond motifs is 2. The average molecular weight is 452 g/mol. The zero-order valence-electron chi connectivity index (χ0n) is 19.9. The quantitative estimate of drug-likeness (QED) is 0.578. The van der Waals surface area contributed by atoms with Crippen molar-refractivity contribution in [3.8, 4) is 11.5 Å². The Balaban J connectivity index is 1.21. The van der Waals surface area contributed by atoms with E-state index in [2.05, 4.69) is 45.9 Å². The molecular formula is C27H37N3O3. The Hall–Kier alpha value is -2.57. The molecular weight excluding hydrogens is 414 g/mol. The molecule has 2 saturated heterocycles. The van der Waals surface area contributed by atoms with Crippen LogP contribution in [0.3, 0.4) is 0 Å². The summed E-state index contributed by atoms with van der Waals surface area (Å²) in [5, 5.41) is 6.81. The van der Waals surface area contributed by atoms with Gasteiger partial charge in [-0.15, -0.1) is 0 Å². The predicted molar refractivity (Wildman–Crippen MR) is 130 cm³/mol. The third-order valence-corrected chi connectivity index (χ3v) is 7.01. The van der Waals surface area contributed by atoms with E-state index in [1.165, 1.54) is 18.5 Å². The number of nitrogens with one attached hydrogen (secondary N) is 2. The fraction of sp³-hybridized carbons (Fsp3) is 0.519. The summed E-state index contributed by atoms with van der Waals surface area (Å²) in [6, 6.07) is 16.9. The first-order chi connectivity index (χ1) is 16.1. The Kier molecular flexibility index (Phi) is 8.24. The van der Waals surface area contributed by atoms with Gasteiger partial charge in [-0.25, -0.2) is 0 Å². The summed E-state index contributed by atoms with van der Waals surface area (Å²) in [5.41, 5.74) is 2.32. The number of carbonyl (C=O) groups is 1. The summed E-state index contributed by atoms with van der Waals surface area (Å²) in [6.07, 6.45) is 3.81. The molecule has 2 bridgehead atoms. The highest BCUT2D eigenvalue weighted by atomic mass is 16.5. The third kappa shape index (κ3) is 6.49. The molecule has 0 spiro atoms. The van der Waals surface area contributed by atoms with Crippen LogP contribution < -0.4 is 20.1 Å². The van der Waals surface area contributed by atoms with Gasteiger partial charge in [0, 0.05) is 44.2 Å². The van der Waals surface area contributed by atoms with Crippen molar-refractivity contribution in [1.29, 1.82) is 0 Å². The molecule has 0 radical (unpaired) electrons. The van der Waals surface area contributed by atoms with Crippen LogP contribution in [0.1, 0.15) is 36.8 Å². The molecule has 0 aliphatic carbocycles. The average Bonchev–Trinajstić information content (AvgIpc) is 2.84. The minimum absolute atomic E-state index is 0.0860. The van der Waals surface area contributed by atoms with E-state index >= 15 is 0 Å². The molecule has 2 heterocycles. The van der Waals surface area contributed by atoms with Gasteiger partial charge in [0.25, 0.3) is 0 Å². The van der Waals surface area contributed by atoms with Crippen LogP contribution in [0, 0.1) is 11.8 Å². The first kappa shape index (κ1) is 23.6. The van der Waals surface area contributed by atoms with Gasteiger partial charge in [-0.2, -0.15) is 0 Å². The highest BCUT2D eigenvalue weighted by Crippen LogP contribution is 2.31. The lowest BCUT2D eigenvalue weighted by molar-refractivity contribution is -0.121. The Morgan fingerprint density at radius 3 is 2.76 bits per heavy atom. The molecule has 2 N–H and O–H groups in total. The van der Waals surface area contributed by atoms with E-state index in [4.69, 9.17) is 9.47 Å². The molecule has 6 nitrogen and oxygen atoms in total. The first-order valence-corrected chi connectivity index (χ1v) is 12.1. The van der Waals surface area contributed by atoms with Crippen molar-refractivity contribution in [1.82, 2.24) is 15.5 Å². The largest absolute Gasteiger partial charge is 0.497 e. The third-order valence-electron chi connectivity index (χ3n) is 7.01. The maximum Gasteiger partial charge on any atom is 0.220 e. The lowest BCUT2D eigenvalue weighted by Gasteiger charge is -2.46. The second-order valence-corrected chi connectivity index (χ2v) is 9.40. The molecule has 0 aromatic heterocycles. The normalized spacial score (nSPS) is 22.5. The summed E-state index contributed by atoms with van der Waals surface area (Å²) in [7, 11) is 3.28. The van der Waals surface area contributed by atoms with Gasteiger partial charge in [0.05, 0.1) is 14.2 Å². The van der Waals surface area contributed by atoms with Gasteiger partial charge in [0.2, 0.25) is 5.91 Å². The van der Waals surface area contributed by atoms with E-state index in [0.29, 0.717) is 24.9 Å². The van der Waals surface area contributed by atoms with Gasteiger partial charge in [0.1, 0.15) is 11.5 Å². The lowest BCUT2D eigenvalue weighted by atomic mass is 9.79. The molecule has 2 aliphatic heterocycles. The zero-order chi connectivity index (χ0) is 23.0. The summed E-state index contributed by atoms with van der Waals surface area (Å²) in [6.45, 7) is 4.90. The van der Waals surface area contributed by atoms with Gasteiger partial charge >= 0.3 is 0 Å². The van der Waals surface area contributed by atoms with Crippen molar-refractivity contribution in [2.75, 3.05) is 33.9 Å². The van der Waals surface area contributed by atoms with Crippen molar-refractivity contribution in [2.24, 2.45) is 11.8 Å². The Bertz CT molecular complexity index is 905. The number of rotatable bonds is 10. The number of nitrogens with zero attached hydrogens (tertiary/aromatic N) is 1. The van der Waals surface area contributed by atoms with Crippen LogP contribution in [-0.2, 0) is 17.9 Å². The zero-order valence-corrected chi connectivity index (χ0v) is 19.9. The number of hydrogen-bond donors (Lipinski definition) is 2. The van der Waals surface area contributed by atoms with Crippen LogP contribution in [0.2, 0.25) is 0 Å². The summed E-state index contributed by atoms with van der Waals surface area (Å²) in [5.74, 6) is 3.02. The highest BCUT2D eigenvalue weighted by Gasteiger charge is 2.36. The SMILES string of the molecule is COc1ccc(OC)c(CNC(=O)CCC[C@H]2NC[C@@H]3C[C@H]2CN(Cc2ccccc2)C3)c1. The van der Waals surface area contributed by atoms with Crippen LogP contribution in [0.5, 0.6) is 11.5 Å². The van der Waals surface area contributed by atoms with Crippen LogP contribution in [0.4, 0.5) is 0 Å². The van der Waals surface area contributed by atoms with Gasteiger partial charge in [-0.05, 0) is 61.4 Å². The number of benzene rings is 2. The molecule has 33 heavy (non-hydrogen) atoms. The topological polar surface area (TPSA) is 62.8 Å². The van der Waals surface area contributed by atoms with Crippen LogP contribution in [0.15, 0.2) is 48.5 Å². The first-order valence-electron chi connectivity index (χ1n) is 12.1. The Morgan fingerprint density at radius 1 is 1.12 bits per heavy atom. The molecule has 178 valence electrons. The fourth-order valence-corrected chi connectivity index (χ4v) is 5.37. The Morgan fingerprint density at radius 2 is 1.97 bits per heavy atom. The van der Waals surface area contributed by atoms with Crippen LogP contribution in [-0.4, -0.2) is 50.7 Å². The van der Waals surface area contributed by atoms with Gasteiger partial charge in [-0.3, -0.25) is 9.69 Å². The maximum atomic E-state index is 12.5. The van der Waals surface area contributed by atoms with Crippen LogP contribution >= 0.6 is 0 Å². The number of carbonyl (C=O) groups excluding carboxylic acids is 1. The van der Waals surface area contributed by atoms with Crippen molar-refractivity contribution < 1.29 is 14.3 Å². The number of likely N-dealkylation sites (tertiary alicyclic amines) is 1. The van der Waals surface area contributed by atoms with Crippen molar-refractivity contribution in [3.63, 3.8) is 0 Å². The van der Waals surface area contributed by atoms with E-state index < -0.39 is 0 Å². The van der Waals surface area contributed by atoms with E-state index in [9.17, 15) is 4.79 Å². The number of amides is 1. The molecule has 0 saturated carbocycles. The monoisotopic (exact) mass is 451 g/mol. The van der Waals surface area contributed by atoms with Crippen molar-refractivity contribution in [2.45, 2.75) is 44.8 Å². The number of methoxy groups -OCH3 is 2.